The maximum atomic E-state index is 13.2. The van der Waals surface area contributed by atoms with Gasteiger partial charge < -0.3 is 10.2 Å². The van der Waals surface area contributed by atoms with Crippen molar-refractivity contribution in [3.05, 3.63) is 52.6 Å². The zero-order valence-corrected chi connectivity index (χ0v) is 12.1. The first-order valence-corrected chi connectivity index (χ1v) is 7.23. The van der Waals surface area contributed by atoms with E-state index in [1.807, 2.05) is 5.38 Å². The van der Waals surface area contributed by atoms with Gasteiger partial charge in [0, 0.05) is 16.5 Å². The molecule has 0 amide bonds. The second kappa shape index (κ2) is 5.35. The minimum Gasteiger partial charge on any atom is -0.504 e. The third kappa shape index (κ3) is 2.70. The molecule has 3 rings (SSSR count). The van der Waals surface area contributed by atoms with Crippen LogP contribution in [0.1, 0.15) is 0 Å². The second-order valence-electron chi connectivity index (χ2n) is 4.37. The molecule has 0 saturated heterocycles. The number of hydrogen-bond acceptors (Lipinski definition) is 4. The smallest absolute Gasteiger partial charge is 0.158 e. The molecule has 0 radical (unpaired) electrons. The minimum absolute atomic E-state index is 0.0457. The topological polar surface area (TPSA) is 53.4 Å². The third-order valence-corrected chi connectivity index (χ3v) is 4.12. The van der Waals surface area contributed by atoms with Crippen LogP contribution < -0.4 is 0 Å². The number of hydrogen-bond donors (Lipinski definition) is 2. The molecular weight excluding hydrogens is 313 g/mol. The number of nitrogens with zero attached hydrogens (tertiary/aromatic N) is 1. The molecule has 0 spiro atoms. The van der Waals surface area contributed by atoms with Crippen molar-refractivity contribution in [1.29, 1.82) is 0 Å². The Balaban J connectivity index is 1.99. The van der Waals surface area contributed by atoms with Crippen molar-refractivity contribution in [2.24, 2.45) is 0 Å². The van der Waals surface area contributed by atoms with Crippen LogP contribution in [0.3, 0.4) is 0 Å². The molecule has 0 atom stereocenters. The molecule has 0 bridgehead atoms. The summed E-state index contributed by atoms with van der Waals surface area (Å²) in [4.78, 5) is 4.44. The Hall–Kier alpha value is -2.11. The summed E-state index contributed by atoms with van der Waals surface area (Å²) in [6.07, 6.45) is 0. The van der Waals surface area contributed by atoms with Crippen molar-refractivity contribution in [3.8, 4) is 33.3 Å². The number of rotatable bonds is 2. The van der Waals surface area contributed by atoms with Crippen molar-refractivity contribution >= 4 is 22.9 Å². The van der Waals surface area contributed by atoms with Crippen LogP contribution in [0.2, 0.25) is 5.02 Å². The van der Waals surface area contributed by atoms with Gasteiger partial charge in [-0.05, 0) is 36.4 Å². The average molecular weight is 322 g/mol. The van der Waals surface area contributed by atoms with E-state index >= 15 is 0 Å². The lowest BCUT2D eigenvalue weighted by atomic mass is 10.1. The second-order valence-corrected chi connectivity index (χ2v) is 5.64. The van der Waals surface area contributed by atoms with Crippen LogP contribution in [-0.4, -0.2) is 15.2 Å². The summed E-state index contributed by atoms with van der Waals surface area (Å²) in [5.74, 6) is -0.853. The van der Waals surface area contributed by atoms with Gasteiger partial charge in [0.15, 0.2) is 11.5 Å². The van der Waals surface area contributed by atoms with Gasteiger partial charge in [0.25, 0.3) is 0 Å². The fraction of sp³-hybridized carbons (Fsp3) is 0. The molecule has 0 saturated carbocycles. The summed E-state index contributed by atoms with van der Waals surface area (Å²) in [5.41, 5.74) is 2.08. The fourth-order valence-corrected chi connectivity index (χ4v) is 2.86. The highest BCUT2D eigenvalue weighted by Crippen LogP contribution is 2.34. The molecule has 3 nitrogen and oxygen atoms in total. The van der Waals surface area contributed by atoms with Crippen molar-refractivity contribution in [1.82, 2.24) is 4.98 Å². The first-order chi connectivity index (χ1) is 10.0. The quantitative estimate of drug-likeness (QED) is 0.674. The first kappa shape index (κ1) is 13.9. The van der Waals surface area contributed by atoms with Gasteiger partial charge in [-0.1, -0.05) is 11.6 Å². The van der Waals surface area contributed by atoms with Gasteiger partial charge in [-0.2, -0.15) is 0 Å². The molecule has 2 aromatic carbocycles. The summed E-state index contributed by atoms with van der Waals surface area (Å²) >= 11 is 7.15. The van der Waals surface area contributed by atoms with Crippen molar-refractivity contribution in [3.63, 3.8) is 0 Å². The maximum Gasteiger partial charge on any atom is 0.158 e. The number of halogens is 2. The Kier molecular flexibility index (Phi) is 3.53. The fourth-order valence-electron chi connectivity index (χ4n) is 1.85. The van der Waals surface area contributed by atoms with E-state index in [1.54, 1.807) is 12.1 Å². The zero-order chi connectivity index (χ0) is 15.0. The number of thiazole rings is 1. The van der Waals surface area contributed by atoms with E-state index in [2.05, 4.69) is 4.98 Å². The first-order valence-electron chi connectivity index (χ1n) is 5.98. The molecule has 0 aliphatic carbocycles. The Morgan fingerprint density at radius 1 is 1.00 bits per heavy atom. The van der Waals surface area contributed by atoms with Crippen molar-refractivity contribution in [2.75, 3.05) is 0 Å². The lowest BCUT2D eigenvalue weighted by Crippen LogP contribution is -1.82. The molecule has 106 valence electrons. The molecule has 1 heterocycles. The van der Waals surface area contributed by atoms with Crippen molar-refractivity contribution in [2.45, 2.75) is 0 Å². The Morgan fingerprint density at radius 2 is 1.76 bits per heavy atom. The maximum absolute atomic E-state index is 13.2. The Morgan fingerprint density at radius 3 is 2.48 bits per heavy atom. The highest BCUT2D eigenvalue weighted by Gasteiger charge is 2.10. The molecule has 0 unspecified atom stereocenters. The Labute approximate surface area is 128 Å². The molecule has 3 aromatic rings. The van der Waals surface area contributed by atoms with E-state index in [9.17, 15) is 14.6 Å². The summed E-state index contributed by atoms with van der Waals surface area (Å²) < 4.78 is 13.2. The minimum atomic E-state index is -0.473. The van der Waals surface area contributed by atoms with Crippen LogP contribution in [0, 0.1) is 5.82 Å². The van der Waals surface area contributed by atoms with Crippen molar-refractivity contribution < 1.29 is 14.6 Å². The lowest BCUT2D eigenvalue weighted by Gasteiger charge is -2.01. The van der Waals surface area contributed by atoms with Gasteiger partial charge in [-0.25, -0.2) is 9.37 Å². The molecule has 0 fully saturated rings. The van der Waals surface area contributed by atoms with E-state index in [-0.39, 0.29) is 16.5 Å². The number of aromatic nitrogens is 1. The van der Waals surface area contributed by atoms with Crippen LogP contribution in [0.4, 0.5) is 4.39 Å². The third-order valence-electron chi connectivity index (χ3n) is 2.94. The van der Waals surface area contributed by atoms with Gasteiger partial charge in [-0.15, -0.1) is 11.3 Å². The highest BCUT2D eigenvalue weighted by molar-refractivity contribution is 7.13. The normalized spacial score (nSPS) is 10.8. The van der Waals surface area contributed by atoms with E-state index in [4.69, 9.17) is 11.6 Å². The van der Waals surface area contributed by atoms with Crippen LogP contribution in [0.5, 0.6) is 11.5 Å². The van der Waals surface area contributed by atoms with Gasteiger partial charge in [0.2, 0.25) is 0 Å². The SMILES string of the molecule is Oc1ccc(-c2nc(-c3ccc(F)c(Cl)c3)cs2)cc1O. The number of benzene rings is 2. The highest BCUT2D eigenvalue weighted by atomic mass is 35.5. The van der Waals surface area contributed by atoms with E-state index in [0.717, 1.165) is 0 Å². The number of aromatic hydroxyl groups is 2. The van der Waals surface area contributed by atoms with Crippen LogP contribution in [0.15, 0.2) is 41.8 Å². The van der Waals surface area contributed by atoms with Gasteiger partial charge >= 0.3 is 0 Å². The predicted molar refractivity (Wildman–Crippen MR) is 81.3 cm³/mol. The van der Waals surface area contributed by atoms with E-state index in [0.29, 0.717) is 21.8 Å². The van der Waals surface area contributed by atoms with E-state index in [1.165, 1.54) is 35.6 Å². The average Bonchev–Trinajstić information content (AvgIpc) is 2.94. The predicted octanol–water partition coefficient (Wildman–Crippen LogP) is 4.68. The Bertz CT molecular complexity index is 753. The summed E-state index contributed by atoms with van der Waals surface area (Å²) in [5, 5.41) is 21.4. The van der Waals surface area contributed by atoms with Gasteiger partial charge in [-0.3, -0.25) is 0 Å². The standard InChI is InChI=1S/C15H9ClFNO2S/c16-10-5-8(1-3-11(10)17)12-7-21-15(18-12)9-2-4-13(19)14(20)6-9/h1-7,19-20H. The molecular formula is C15H9ClFNO2S. The lowest BCUT2D eigenvalue weighted by molar-refractivity contribution is 0.404. The van der Waals surface area contributed by atoms with Gasteiger partial charge in [0.1, 0.15) is 10.8 Å². The largest absolute Gasteiger partial charge is 0.504 e. The van der Waals surface area contributed by atoms with Crippen LogP contribution in [-0.2, 0) is 0 Å². The molecule has 21 heavy (non-hydrogen) atoms. The zero-order valence-electron chi connectivity index (χ0n) is 10.5. The molecule has 0 aliphatic heterocycles. The molecule has 0 aliphatic rings. The number of phenolic OH excluding ortho intramolecular Hbond substituents is 2. The number of phenols is 2. The molecule has 1 aromatic heterocycles. The monoisotopic (exact) mass is 321 g/mol. The summed E-state index contributed by atoms with van der Waals surface area (Å²) in [7, 11) is 0. The molecule has 6 heteroatoms. The van der Waals surface area contributed by atoms with E-state index < -0.39 is 5.82 Å². The van der Waals surface area contributed by atoms with Crippen LogP contribution in [0.25, 0.3) is 21.8 Å². The van der Waals surface area contributed by atoms with Crippen LogP contribution >= 0.6 is 22.9 Å². The summed E-state index contributed by atoms with van der Waals surface area (Å²) in [6.45, 7) is 0. The summed E-state index contributed by atoms with van der Waals surface area (Å²) in [6, 6.07) is 8.92. The molecule has 2 N–H and O–H groups in total. The van der Waals surface area contributed by atoms with Gasteiger partial charge in [0.05, 0.1) is 10.7 Å².